The van der Waals surface area contributed by atoms with Crippen molar-refractivity contribution in [3.05, 3.63) is 41.0 Å². The predicted molar refractivity (Wildman–Crippen MR) is 151 cm³/mol. The van der Waals surface area contributed by atoms with Gasteiger partial charge in [-0.1, -0.05) is 57.4 Å². The zero-order valence-corrected chi connectivity index (χ0v) is 23.8. The molecule has 1 saturated carbocycles. The van der Waals surface area contributed by atoms with Crippen LogP contribution in [0.25, 0.3) is 10.4 Å². The normalized spacial score (nSPS) is 18.9. The van der Waals surface area contributed by atoms with Gasteiger partial charge in [0.2, 0.25) is 17.7 Å². The van der Waals surface area contributed by atoms with E-state index in [0.29, 0.717) is 31.8 Å². The Bertz CT molecular complexity index is 1090. The highest BCUT2D eigenvalue weighted by Crippen LogP contribution is 2.30. The lowest BCUT2D eigenvalue weighted by Gasteiger charge is -2.34. The molecule has 1 aliphatic heterocycles. The van der Waals surface area contributed by atoms with Crippen molar-refractivity contribution in [1.82, 2.24) is 20.5 Å². The van der Waals surface area contributed by atoms with Crippen LogP contribution in [-0.4, -0.2) is 46.2 Å². The molecule has 7 nitrogen and oxygen atoms in total. The maximum absolute atomic E-state index is 13.8. The second-order valence-electron chi connectivity index (χ2n) is 11.2. The number of nitrogens with one attached hydrogen (secondary N) is 2. The number of hydrogen-bond donors (Lipinski definition) is 2. The van der Waals surface area contributed by atoms with E-state index in [1.54, 1.807) is 16.2 Å². The number of likely N-dealkylation sites (tertiary alicyclic amines) is 1. The summed E-state index contributed by atoms with van der Waals surface area (Å²) in [4.78, 5) is 47.0. The van der Waals surface area contributed by atoms with Gasteiger partial charge < -0.3 is 15.5 Å². The van der Waals surface area contributed by atoms with Crippen molar-refractivity contribution < 1.29 is 14.4 Å². The maximum Gasteiger partial charge on any atom is 0.246 e. The van der Waals surface area contributed by atoms with Gasteiger partial charge >= 0.3 is 0 Å². The fraction of sp³-hybridized carbons (Fsp3) is 0.600. The first kappa shape index (κ1) is 28.3. The van der Waals surface area contributed by atoms with Gasteiger partial charge in [-0.3, -0.25) is 14.4 Å². The largest absolute Gasteiger partial charge is 0.350 e. The number of rotatable bonds is 10. The molecule has 1 aromatic carbocycles. The third kappa shape index (κ3) is 7.22. The van der Waals surface area contributed by atoms with Crippen LogP contribution in [0, 0.1) is 18.8 Å². The summed E-state index contributed by atoms with van der Waals surface area (Å²) in [7, 11) is 0. The van der Waals surface area contributed by atoms with Gasteiger partial charge in [0.25, 0.3) is 0 Å². The van der Waals surface area contributed by atoms with Crippen LogP contribution in [0.5, 0.6) is 0 Å². The van der Waals surface area contributed by atoms with Crippen LogP contribution in [0.15, 0.2) is 29.8 Å². The van der Waals surface area contributed by atoms with E-state index in [1.807, 2.05) is 24.6 Å². The van der Waals surface area contributed by atoms with Gasteiger partial charge in [-0.25, -0.2) is 4.98 Å². The van der Waals surface area contributed by atoms with Crippen LogP contribution < -0.4 is 10.6 Å². The average Bonchev–Trinajstić information content (AvgIpc) is 3.59. The SMILES string of the molecule is Cc1ncsc1-c1ccc(CNC(=O)C2CCCN2C(=O)C(NC(=O)CCC(C)C)C2CCCCC2)cc1. The van der Waals surface area contributed by atoms with E-state index in [0.717, 1.165) is 60.2 Å². The number of nitrogens with zero attached hydrogens (tertiary/aromatic N) is 2. The molecule has 2 unspecified atom stereocenters. The molecule has 8 heteroatoms. The molecule has 0 radical (unpaired) electrons. The molecule has 2 atom stereocenters. The van der Waals surface area contributed by atoms with Crippen LogP contribution in [0.4, 0.5) is 0 Å². The summed E-state index contributed by atoms with van der Waals surface area (Å²) in [6.07, 6.45) is 7.92. The van der Waals surface area contributed by atoms with Crippen molar-refractivity contribution in [1.29, 1.82) is 0 Å². The number of amides is 3. The van der Waals surface area contributed by atoms with Crippen LogP contribution in [-0.2, 0) is 20.9 Å². The van der Waals surface area contributed by atoms with Gasteiger partial charge in [0.15, 0.2) is 0 Å². The molecule has 0 spiro atoms. The van der Waals surface area contributed by atoms with Crippen molar-refractivity contribution in [3.8, 4) is 10.4 Å². The van der Waals surface area contributed by atoms with Crippen molar-refractivity contribution in [3.63, 3.8) is 0 Å². The Hall–Kier alpha value is -2.74. The zero-order chi connectivity index (χ0) is 27.1. The number of carbonyl (C=O) groups is 3. The monoisotopic (exact) mass is 538 g/mol. The third-order valence-corrected chi connectivity index (χ3v) is 8.90. The third-order valence-electron chi connectivity index (χ3n) is 7.92. The van der Waals surface area contributed by atoms with Crippen LogP contribution >= 0.6 is 11.3 Å². The summed E-state index contributed by atoms with van der Waals surface area (Å²) in [5.74, 6) is 0.316. The first-order chi connectivity index (χ1) is 18.3. The molecule has 2 N–H and O–H groups in total. The van der Waals surface area contributed by atoms with Crippen molar-refractivity contribution in [2.45, 2.75) is 97.2 Å². The van der Waals surface area contributed by atoms with E-state index in [2.05, 4.69) is 41.6 Å². The quantitative estimate of drug-likeness (QED) is 0.434. The Morgan fingerprint density at radius 3 is 2.45 bits per heavy atom. The van der Waals surface area contributed by atoms with E-state index < -0.39 is 12.1 Å². The van der Waals surface area contributed by atoms with E-state index in [-0.39, 0.29) is 23.6 Å². The van der Waals surface area contributed by atoms with Crippen molar-refractivity contribution in [2.24, 2.45) is 11.8 Å². The lowest BCUT2D eigenvalue weighted by Crippen LogP contribution is -2.56. The summed E-state index contributed by atoms with van der Waals surface area (Å²) in [5, 5.41) is 6.14. The van der Waals surface area contributed by atoms with Crippen LogP contribution in [0.2, 0.25) is 0 Å². The summed E-state index contributed by atoms with van der Waals surface area (Å²) >= 11 is 1.62. The standard InChI is InChI=1S/C30H42N4O3S/c1-20(2)11-16-26(35)33-27(23-8-5-4-6-9-23)30(37)34-17-7-10-25(34)29(36)31-18-22-12-14-24(15-13-22)28-21(3)32-19-38-28/h12-15,19-20,23,25,27H,4-11,16-18H2,1-3H3,(H,31,36)(H,33,35). The molecule has 2 aliphatic rings. The predicted octanol–water partition coefficient (Wildman–Crippen LogP) is 5.23. The second kappa shape index (κ2) is 13.4. The zero-order valence-electron chi connectivity index (χ0n) is 23.0. The minimum Gasteiger partial charge on any atom is -0.350 e. The number of carbonyl (C=O) groups excluding carboxylic acids is 3. The van der Waals surface area contributed by atoms with E-state index >= 15 is 0 Å². The van der Waals surface area contributed by atoms with Gasteiger partial charge in [-0.15, -0.1) is 11.3 Å². The molecule has 0 bridgehead atoms. The fourth-order valence-corrected chi connectivity index (χ4v) is 6.47. The van der Waals surface area contributed by atoms with Gasteiger partial charge in [-0.2, -0.15) is 0 Å². The minimum atomic E-state index is -0.536. The summed E-state index contributed by atoms with van der Waals surface area (Å²) in [6, 6.07) is 7.15. The molecule has 2 aromatic rings. The summed E-state index contributed by atoms with van der Waals surface area (Å²) in [5.41, 5.74) is 5.00. The Morgan fingerprint density at radius 1 is 1.05 bits per heavy atom. The molecule has 3 amide bonds. The highest BCUT2D eigenvalue weighted by molar-refractivity contribution is 7.13. The molecule has 1 aromatic heterocycles. The number of aryl methyl sites for hydroxylation is 1. The number of aromatic nitrogens is 1. The van der Waals surface area contributed by atoms with E-state index in [4.69, 9.17) is 0 Å². The Morgan fingerprint density at radius 2 is 1.79 bits per heavy atom. The summed E-state index contributed by atoms with van der Waals surface area (Å²) in [6.45, 7) is 7.18. The molecule has 38 heavy (non-hydrogen) atoms. The molecule has 1 aliphatic carbocycles. The molecule has 4 rings (SSSR count). The Kier molecular flexibility index (Phi) is 9.94. The second-order valence-corrected chi connectivity index (χ2v) is 12.1. The highest BCUT2D eigenvalue weighted by Gasteiger charge is 2.40. The number of hydrogen-bond acceptors (Lipinski definition) is 5. The maximum atomic E-state index is 13.8. The lowest BCUT2D eigenvalue weighted by atomic mass is 9.83. The van der Waals surface area contributed by atoms with E-state index in [1.165, 1.54) is 6.42 Å². The molecule has 2 fully saturated rings. The average molecular weight is 539 g/mol. The molecule has 2 heterocycles. The van der Waals surface area contributed by atoms with Gasteiger partial charge in [0.05, 0.1) is 16.1 Å². The van der Waals surface area contributed by atoms with E-state index in [9.17, 15) is 14.4 Å². The molecular weight excluding hydrogens is 496 g/mol. The molecule has 1 saturated heterocycles. The van der Waals surface area contributed by atoms with Crippen molar-refractivity contribution >= 4 is 29.1 Å². The van der Waals surface area contributed by atoms with Gasteiger partial charge in [-0.05, 0) is 62.0 Å². The first-order valence-electron chi connectivity index (χ1n) is 14.2. The number of benzene rings is 1. The Labute approximate surface area is 230 Å². The van der Waals surface area contributed by atoms with Crippen LogP contribution in [0.3, 0.4) is 0 Å². The van der Waals surface area contributed by atoms with Gasteiger partial charge in [0.1, 0.15) is 12.1 Å². The van der Waals surface area contributed by atoms with Crippen LogP contribution in [0.1, 0.15) is 82.9 Å². The number of thiazole rings is 1. The van der Waals surface area contributed by atoms with Crippen molar-refractivity contribution in [2.75, 3.05) is 6.54 Å². The highest BCUT2D eigenvalue weighted by atomic mass is 32.1. The fourth-order valence-electron chi connectivity index (χ4n) is 5.66. The molecular formula is C30H42N4O3S. The first-order valence-corrected chi connectivity index (χ1v) is 15.1. The topological polar surface area (TPSA) is 91.4 Å². The molecule has 206 valence electrons. The van der Waals surface area contributed by atoms with Gasteiger partial charge in [0, 0.05) is 19.5 Å². The minimum absolute atomic E-state index is 0.0557. The smallest absolute Gasteiger partial charge is 0.246 e. The Balaban J connectivity index is 1.38. The lowest BCUT2D eigenvalue weighted by molar-refractivity contribution is -0.143. The summed E-state index contributed by atoms with van der Waals surface area (Å²) < 4.78 is 0.